The van der Waals surface area contributed by atoms with Gasteiger partial charge in [-0.1, -0.05) is 12.1 Å². The third-order valence-electron chi connectivity index (χ3n) is 5.71. The van der Waals surface area contributed by atoms with Crippen molar-refractivity contribution in [3.05, 3.63) is 35.4 Å². The molecular formula is C18H23F3N2O. The number of amides is 1. The molecule has 0 radical (unpaired) electrons. The minimum Gasteiger partial charge on any atom is -0.339 e. The van der Waals surface area contributed by atoms with Crippen molar-refractivity contribution < 1.29 is 18.0 Å². The van der Waals surface area contributed by atoms with Gasteiger partial charge in [0.05, 0.1) is 11.6 Å². The highest BCUT2D eigenvalue weighted by molar-refractivity contribution is 5.83. The van der Waals surface area contributed by atoms with Gasteiger partial charge < -0.3 is 10.2 Å². The lowest BCUT2D eigenvalue weighted by Crippen LogP contribution is -2.35. The van der Waals surface area contributed by atoms with Crippen molar-refractivity contribution in [2.45, 2.75) is 38.4 Å². The van der Waals surface area contributed by atoms with Crippen molar-refractivity contribution >= 4 is 5.91 Å². The summed E-state index contributed by atoms with van der Waals surface area (Å²) < 4.78 is 38.6. The second-order valence-corrected chi connectivity index (χ2v) is 7.12. The Morgan fingerprint density at radius 1 is 1.33 bits per heavy atom. The molecule has 1 spiro atoms. The summed E-state index contributed by atoms with van der Waals surface area (Å²) in [7, 11) is 1.69. The lowest BCUT2D eigenvalue weighted by Gasteiger charge is -2.29. The standard InChI is InChI=1S/C18H23F3N2O/c1-12(13-4-3-5-14(10-13)18(19,20)21)23(2)16(24)15-11-17(15)6-8-22-9-7-17/h3-5,10,12,15,22H,6-9,11H2,1-2H3. The zero-order valence-corrected chi connectivity index (χ0v) is 14.0. The molecule has 2 atom stereocenters. The van der Waals surface area contributed by atoms with Gasteiger partial charge in [-0.05, 0) is 62.4 Å². The Kier molecular flexibility index (Phi) is 4.36. The average molecular weight is 340 g/mol. The van der Waals surface area contributed by atoms with E-state index in [4.69, 9.17) is 0 Å². The molecule has 1 heterocycles. The smallest absolute Gasteiger partial charge is 0.339 e. The molecule has 0 bridgehead atoms. The normalized spacial score (nSPS) is 23.8. The summed E-state index contributed by atoms with van der Waals surface area (Å²) in [4.78, 5) is 14.4. The molecule has 2 unspecified atom stereocenters. The molecule has 0 aromatic heterocycles. The van der Waals surface area contributed by atoms with Gasteiger partial charge in [-0.2, -0.15) is 13.2 Å². The molecule has 1 saturated heterocycles. The molecule has 1 N–H and O–H groups in total. The predicted octanol–water partition coefficient (Wildman–Crippen LogP) is 3.61. The third kappa shape index (κ3) is 3.16. The second kappa shape index (κ2) is 6.06. The number of piperidine rings is 1. The van der Waals surface area contributed by atoms with E-state index in [1.807, 2.05) is 0 Å². The fourth-order valence-electron chi connectivity index (χ4n) is 3.81. The van der Waals surface area contributed by atoms with Crippen LogP contribution < -0.4 is 5.32 Å². The van der Waals surface area contributed by atoms with Gasteiger partial charge >= 0.3 is 6.18 Å². The maximum absolute atomic E-state index is 12.9. The molecule has 24 heavy (non-hydrogen) atoms. The number of halogens is 3. The number of carbonyl (C=O) groups excluding carboxylic acids is 1. The Morgan fingerprint density at radius 3 is 2.62 bits per heavy atom. The highest BCUT2D eigenvalue weighted by Crippen LogP contribution is 2.59. The number of nitrogens with zero attached hydrogens (tertiary/aromatic N) is 1. The van der Waals surface area contributed by atoms with E-state index in [1.165, 1.54) is 6.07 Å². The number of benzene rings is 1. The second-order valence-electron chi connectivity index (χ2n) is 7.12. The highest BCUT2D eigenvalue weighted by Gasteiger charge is 2.58. The van der Waals surface area contributed by atoms with Gasteiger partial charge in [-0.3, -0.25) is 4.79 Å². The lowest BCUT2D eigenvalue weighted by molar-refractivity contribution is -0.137. The number of hydrogen-bond acceptors (Lipinski definition) is 2. The summed E-state index contributed by atoms with van der Waals surface area (Å²) in [6.45, 7) is 3.66. The molecule has 3 nitrogen and oxygen atoms in total. The van der Waals surface area contributed by atoms with E-state index < -0.39 is 11.7 Å². The third-order valence-corrected chi connectivity index (χ3v) is 5.71. The Labute approximate surface area is 140 Å². The largest absolute Gasteiger partial charge is 0.416 e. The Morgan fingerprint density at radius 2 is 2.00 bits per heavy atom. The molecule has 1 aliphatic carbocycles. The van der Waals surface area contributed by atoms with Gasteiger partial charge in [0.1, 0.15) is 0 Å². The van der Waals surface area contributed by atoms with Gasteiger partial charge in [-0.25, -0.2) is 0 Å². The first-order chi connectivity index (χ1) is 11.2. The van der Waals surface area contributed by atoms with Crippen LogP contribution in [0.4, 0.5) is 13.2 Å². The van der Waals surface area contributed by atoms with Crippen LogP contribution in [0, 0.1) is 11.3 Å². The summed E-state index contributed by atoms with van der Waals surface area (Å²) in [6, 6.07) is 4.87. The number of alkyl halides is 3. The first-order valence-corrected chi connectivity index (χ1v) is 8.39. The van der Waals surface area contributed by atoms with Gasteiger partial charge in [0, 0.05) is 13.0 Å². The average Bonchev–Trinajstić information content (AvgIpc) is 3.25. The summed E-state index contributed by atoms with van der Waals surface area (Å²) in [6.07, 6.45) is -1.44. The van der Waals surface area contributed by atoms with Gasteiger partial charge in [0.15, 0.2) is 0 Å². The fraction of sp³-hybridized carbons (Fsp3) is 0.611. The molecule has 1 saturated carbocycles. The van der Waals surface area contributed by atoms with Crippen molar-refractivity contribution in [1.82, 2.24) is 10.2 Å². The lowest BCUT2D eigenvalue weighted by atomic mass is 9.91. The zero-order chi connectivity index (χ0) is 17.5. The highest BCUT2D eigenvalue weighted by atomic mass is 19.4. The molecule has 3 rings (SSSR count). The Hall–Kier alpha value is -1.56. The van der Waals surface area contributed by atoms with Crippen molar-refractivity contribution in [3.63, 3.8) is 0 Å². The monoisotopic (exact) mass is 340 g/mol. The first kappa shape index (κ1) is 17.3. The minimum absolute atomic E-state index is 0.0258. The Balaban J connectivity index is 1.71. The number of nitrogens with one attached hydrogen (secondary N) is 1. The quantitative estimate of drug-likeness (QED) is 0.912. The molecule has 2 aliphatic rings. The van der Waals surface area contributed by atoms with Crippen molar-refractivity contribution in [2.75, 3.05) is 20.1 Å². The molecule has 1 aromatic carbocycles. The maximum atomic E-state index is 12.9. The predicted molar refractivity (Wildman–Crippen MR) is 85.3 cm³/mol. The zero-order valence-electron chi connectivity index (χ0n) is 14.0. The van der Waals surface area contributed by atoms with Crippen LogP contribution in [0.5, 0.6) is 0 Å². The van der Waals surface area contributed by atoms with Gasteiger partial charge in [-0.15, -0.1) is 0 Å². The van der Waals surface area contributed by atoms with E-state index in [1.54, 1.807) is 24.9 Å². The number of rotatable bonds is 3. The van der Waals surface area contributed by atoms with Crippen LogP contribution in [0.15, 0.2) is 24.3 Å². The van der Waals surface area contributed by atoms with E-state index >= 15 is 0 Å². The first-order valence-electron chi connectivity index (χ1n) is 8.39. The fourth-order valence-corrected chi connectivity index (χ4v) is 3.81. The van der Waals surface area contributed by atoms with Crippen molar-refractivity contribution in [2.24, 2.45) is 11.3 Å². The van der Waals surface area contributed by atoms with E-state index in [-0.39, 0.29) is 23.3 Å². The van der Waals surface area contributed by atoms with Crippen LogP contribution >= 0.6 is 0 Å². The molecule has 1 aromatic rings. The summed E-state index contributed by atoms with van der Waals surface area (Å²) in [5, 5.41) is 3.31. The maximum Gasteiger partial charge on any atom is 0.416 e. The molecule has 6 heteroatoms. The molecule has 2 fully saturated rings. The van der Waals surface area contributed by atoms with Crippen LogP contribution in [-0.2, 0) is 11.0 Å². The Bertz CT molecular complexity index is 623. The van der Waals surface area contributed by atoms with E-state index in [0.717, 1.165) is 44.5 Å². The van der Waals surface area contributed by atoms with Crippen molar-refractivity contribution in [3.8, 4) is 0 Å². The summed E-state index contributed by atoms with van der Waals surface area (Å²) in [5.41, 5.74) is -0.0286. The van der Waals surface area contributed by atoms with E-state index in [2.05, 4.69) is 5.32 Å². The SMILES string of the molecule is CC(c1cccc(C(F)(F)F)c1)N(C)C(=O)C1CC12CCNCC2. The van der Waals surface area contributed by atoms with Crippen LogP contribution in [-0.4, -0.2) is 30.9 Å². The van der Waals surface area contributed by atoms with Crippen LogP contribution in [0.3, 0.4) is 0 Å². The summed E-state index contributed by atoms with van der Waals surface area (Å²) in [5.74, 6) is 0.0830. The molecule has 132 valence electrons. The summed E-state index contributed by atoms with van der Waals surface area (Å²) >= 11 is 0. The number of carbonyl (C=O) groups is 1. The van der Waals surface area contributed by atoms with Crippen LogP contribution in [0.25, 0.3) is 0 Å². The van der Waals surface area contributed by atoms with Gasteiger partial charge in [0.2, 0.25) is 5.91 Å². The van der Waals surface area contributed by atoms with E-state index in [0.29, 0.717) is 5.56 Å². The minimum atomic E-state index is -4.37. The van der Waals surface area contributed by atoms with Crippen LogP contribution in [0.1, 0.15) is 43.4 Å². The van der Waals surface area contributed by atoms with Gasteiger partial charge in [0.25, 0.3) is 0 Å². The molecule has 1 aliphatic heterocycles. The van der Waals surface area contributed by atoms with E-state index in [9.17, 15) is 18.0 Å². The molecule has 1 amide bonds. The van der Waals surface area contributed by atoms with Crippen molar-refractivity contribution in [1.29, 1.82) is 0 Å². The topological polar surface area (TPSA) is 32.3 Å². The molecular weight excluding hydrogens is 317 g/mol. The number of hydrogen-bond donors (Lipinski definition) is 1. The van der Waals surface area contributed by atoms with Crippen LogP contribution in [0.2, 0.25) is 0 Å².